The van der Waals surface area contributed by atoms with E-state index in [4.69, 9.17) is 14.6 Å². The van der Waals surface area contributed by atoms with E-state index in [-0.39, 0.29) is 12.2 Å². The van der Waals surface area contributed by atoms with Crippen molar-refractivity contribution in [2.75, 3.05) is 13.2 Å². The van der Waals surface area contributed by atoms with Crippen molar-refractivity contribution in [1.82, 2.24) is 0 Å². The molecular weight excluding hydrogens is 192 g/mol. The molecule has 1 N–H and O–H groups in total. The Labute approximate surface area is 89.6 Å². The molecule has 0 amide bonds. The van der Waals surface area contributed by atoms with E-state index in [1.54, 1.807) is 0 Å². The number of ether oxygens (including phenoxy) is 2. The first-order valence-corrected chi connectivity index (χ1v) is 5.32. The molecule has 0 unspecified atom stereocenters. The largest absolute Gasteiger partial charge is 0.491 e. The maximum atomic E-state index is 9.04. The van der Waals surface area contributed by atoms with Crippen LogP contribution in [0.25, 0.3) is 0 Å². The molecule has 1 saturated carbocycles. The van der Waals surface area contributed by atoms with Gasteiger partial charge in [-0.3, -0.25) is 0 Å². The van der Waals surface area contributed by atoms with Gasteiger partial charge >= 0.3 is 0 Å². The highest BCUT2D eigenvalue weighted by Crippen LogP contribution is 2.22. The van der Waals surface area contributed by atoms with E-state index in [0.29, 0.717) is 13.2 Å². The summed E-state index contributed by atoms with van der Waals surface area (Å²) in [5.41, 5.74) is 0. The van der Waals surface area contributed by atoms with Crippen LogP contribution >= 0.6 is 0 Å². The highest BCUT2D eigenvalue weighted by molar-refractivity contribution is 5.20. The average Bonchev–Trinajstić information content (AvgIpc) is 2.23. The van der Waals surface area contributed by atoms with Crippen molar-refractivity contribution in [2.24, 2.45) is 0 Å². The van der Waals surface area contributed by atoms with Crippen molar-refractivity contribution in [1.29, 1.82) is 0 Å². The molecule has 0 saturated heterocycles. The zero-order valence-electron chi connectivity index (χ0n) is 8.63. The van der Waals surface area contributed by atoms with E-state index in [2.05, 4.69) is 0 Å². The second-order valence-corrected chi connectivity index (χ2v) is 3.78. The molecule has 0 aromatic heterocycles. The minimum absolute atomic E-state index is 0.148. The molecule has 82 valence electrons. The highest BCUT2D eigenvalue weighted by Gasteiger charge is 2.27. The second-order valence-electron chi connectivity index (χ2n) is 3.78. The molecule has 1 aliphatic rings. The lowest BCUT2D eigenvalue weighted by Crippen LogP contribution is -2.36. The Balaban J connectivity index is 1.56. The quantitative estimate of drug-likeness (QED) is 0.747. The molecule has 1 aromatic rings. The van der Waals surface area contributed by atoms with Gasteiger partial charge in [-0.05, 0) is 25.0 Å². The third kappa shape index (κ3) is 3.22. The predicted octanol–water partition coefficient (Wildman–Crippen LogP) is 1.61. The van der Waals surface area contributed by atoms with Crippen LogP contribution in [0.15, 0.2) is 30.3 Å². The first-order chi connectivity index (χ1) is 7.34. The molecule has 15 heavy (non-hydrogen) atoms. The molecular formula is C12H16O3. The van der Waals surface area contributed by atoms with E-state index < -0.39 is 0 Å². The fraction of sp³-hybridized carbons (Fsp3) is 0.500. The summed E-state index contributed by atoms with van der Waals surface area (Å²) in [6, 6.07) is 9.69. The molecule has 0 heterocycles. The maximum Gasteiger partial charge on any atom is 0.119 e. The van der Waals surface area contributed by atoms with Gasteiger partial charge in [0.2, 0.25) is 0 Å². The monoisotopic (exact) mass is 208 g/mol. The van der Waals surface area contributed by atoms with Gasteiger partial charge < -0.3 is 14.6 Å². The van der Waals surface area contributed by atoms with Gasteiger partial charge in [0.1, 0.15) is 12.4 Å². The number of rotatable bonds is 5. The first kappa shape index (κ1) is 10.5. The van der Waals surface area contributed by atoms with Gasteiger partial charge in [-0.15, -0.1) is 0 Å². The van der Waals surface area contributed by atoms with E-state index in [9.17, 15) is 0 Å². The van der Waals surface area contributed by atoms with Crippen LogP contribution in [0.4, 0.5) is 0 Å². The maximum absolute atomic E-state index is 9.04. The van der Waals surface area contributed by atoms with E-state index in [0.717, 1.165) is 18.6 Å². The van der Waals surface area contributed by atoms with E-state index >= 15 is 0 Å². The van der Waals surface area contributed by atoms with Gasteiger partial charge in [0.25, 0.3) is 0 Å². The third-order valence-corrected chi connectivity index (χ3v) is 2.52. The molecule has 2 rings (SSSR count). The van der Waals surface area contributed by atoms with Crippen LogP contribution in [0, 0.1) is 0 Å². The van der Waals surface area contributed by atoms with Crippen LogP contribution < -0.4 is 4.74 Å². The van der Waals surface area contributed by atoms with Crippen LogP contribution in [0.1, 0.15) is 12.8 Å². The summed E-state index contributed by atoms with van der Waals surface area (Å²) in [7, 11) is 0. The van der Waals surface area contributed by atoms with Crippen molar-refractivity contribution >= 4 is 0 Å². The van der Waals surface area contributed by atoms with Crippen molar-refractivity contribution < 1.29 is 14.6 Å². The lowest BCUT2D eigenvalue weighted by atomic mass is 9.92. The van der Waals surface area contributed by atoms with Gasteiger partial charge in [-0.2, -0.15) is 0 Å². The Bertz CT molecular complexity index is 280. The summed E-state index contributed by atoms with van der Waals surface area (Å²) in [6.07, 6.45) is 1.63. The van der Waals surface area contributed by atoms with Crippen molar-refractivity contribution in [2.45, 2.75) is 25.0 Å². The summed E-state index contributed by atoms with van der Waals surface area (Å²) in [6.45, 7) is 1.16. The Kier molecular flexibility index (Phi) is 3.59. The lowest BCUT2D eigenvalue weighted by Gasteiger charge is -2.31. The Morgan fingerprint density at radius 2 is 1.87 bits per heavy atom. The molecule has 0 aliphatic heterocycles. The number of benzene rings is 1. The Morgan fingerprint density at radius 1 is 1.13 bits per heavy atom. The number of hydrogen-bond donors (Lipinski definition) is 1. The SMILES string of the molecule is OC1CC(OCCOc2ccccc2)C1. The van der Waals surface area contributed by atoms with Gasteiger partial charge in [0, 0.05) is 0 Å². The van der Waals surface area contributed by atoms with Gasteiger partial charge in [0.05, 0.1) is 18.8 Å². The standard InChI is InChI=1S/C12H16O3/c13-10-8-12(9-10)15-7-6-14-11-4-2-1-3-5-11/h1-5,10,12-13H,6-9H2. The number of para-hydroxylation sites is 1. The fourth-order valence-corrected chi connectivity index (χ4v) is 1.56. The van der Waals surface area contributed by atoms with Gasteiger partial charge in [-0.1, -0.05) is 18.2 Å². The van der Waals surface area contributed by atoms with Gasteiger partial charge in [0.15, 0.2) is 0 Å². The zero-order valence-corrected chi connectivity index (χ0v) is 8.63. The number of aliphatic hydroxyl groups is 1. The van der Waals surface area contributed by atoms with E-state index in [1.807, 2.05) is 30.3 Å². The second kappa shape index (κ2) is 5.14. The summed E-state index contributed by atoms with van der Waals surface area (Å²) in [4.78, 5) is 0. The molecule has 1 aliphatic carbocycles. The lowest BCUT2D eigenvalue weighted by molar-refractivity contribution is -0.0761. The summed E-state index contributed by atoms with van der Waals surface area (Å²) < 4.78 is 10.9. The molecule has 1 fully saturated rings. The molecule has 0 bridgehead atoms. The number of hydrogen-bond acceptors (Lipinski definition) is 3. The Hall–Kier alpha value is -1.06. The molecule has 0 atom stereocenters. The smallest absolute Gasteiger partial charge is 0.119 e. The summed E-state index contributed by atoms with van der Waals surface area (Å²) >= 11 is 0. The first-order valence-electron chi connectivity index (χ1n) is 5.32. The Morgan fingerprint density at radius 3 is 2.53 bits per heavy atom. The molecule has 3 heteroatoms. The molecule has 1 aromatic carbocycles. The van der Waals surface area contributed by atoms with Gasteiger partial charge in [-0.25, -0.2) is 0 Å². The fourth-order valence-electron chi connectivity index (χ4n) is 1.56. The molecule has 0 radical (unpaired) electrons. The van der Waals surface area contributed by atoms with Crippen molar-refractivity contribution in [3.05, 3.63) is 30.3 Å². The van der Waals surface area contributed by atoms with E-state index in [1.165, 1.54) is 0 Å². The summed E-state index contributed by atoms with van der Waals surface area (Å²) in [5, 5.41) is 9.04. The van der Waals surface area contributed by atoms with Crippen molar-refractivity contribution in [3.8, 4) is 5.75 Å². The normalized spacial score (nSPS) is 24.6. The minimum atomic E-state index is -0.148. The van der Waals surface area contributed by atoms with Crippen LogP contribution in [-0.2, 0) is 4.74 Å². The average molecular weight is 208 g/mol. The van der Waals surface area contributed by atoms with Crippen LogP contribution in [0.5, 0.6) is 5.75 Å². The van der Waals surface area contributed by atoms with Crippen LogP contribution in [-0.4, -0.2) is 30.5 Å². The predicted molar refractivity (Wildman–Crippen MR) is 56.9 cm³/mol. The van der Waals surface area contributed by atoms with Crippen molar-refractivity contribution in [3.63, 3.8) is 0 Å². The number of aliphatic hydroxyl groups excluding tert-OH is 1. The topological polar surface area (TPSA) is 38.7 Å². The van der Waals surface area contributed by atoms with Crippen LogP contribution in [0.3, 0.4) is 0 Å². The van der Waals surface area contributed by atoms with Crippen LogP contribution in [0.2, 0.25) is 0 Å². The zero-order chi connectivity index (χ0) is 10.5. The highest BCUT2D eigenvalue weighted by atomic mass is 16.5. The summed E-state index contributed by atoms with van der Waals surface area (Å²) in [5.74, 6) is 0.870. The molecule has 3 nitrogen and oxygen atoms in total. The minimum Gasteiger partial charge on any atom is -0.491 e. The molecule has 0 spiro atoms. The third-order valence-electron chi connectivity index (χ3n) is 2.52.